The first-order valence-electron chi connectivity index (χ1n) is 8.70. The highest BCUT2D eigenvalue weighted by Gasteiger charge is 2.30. The van der Waals surface area contributed by atoms with Crippen molar-refractivity contribution in [1.82, 2.24) is 14.8 Å². The van der Waals surface area contributed by atoms with Crippen LogP contribution in [0.2, 0.25) is 0 Å². The van der Waals surface area contributed by atoms with Gasteiger partial charge in [-0.05, 0) is 43.8 Å². The summed E-state index contributed by atoms with van der Waals surface area (Å²) in [4.78, 5) is 20.9. The molecule has 5 nitrogen and oxygen atoms in total. The number of benzene rings is 1. The molecule has 1 aromatic carbocycles. The van der Waals surface area contributed by atoms with Gasteiger partial charge >= 0.3 is 6.18 Å². The molecule has 1 amide bonds. The smallest absolute Gasteiger partial charge is 0.325 e. The molecule has 0 radical (unpaired) electrons. The molecule has 0 saturated carbocycles. The molecule has 3 rings (SSSR count). The van der Waals surface area contributed by atoms with Crippen LogP contribution in [0.25, 0.3) is 0 Å². The Balaban J connectivity index is 1.46. The summed E-state index contributed by atoms with van der Waals surface area (Å²) in [7, 11) is 0. The van der Waals surface area contributed by atoms with E-state index in [0.717, 1.165) is 56.3 Å². The van der Waals surface area contributed by atoms with Gasteiger partial charge in [-0.2, -0.15) is 13.2 Å². The molecular weight excluding hydrogens is 377 g/mol. The maximum absolute atomic E-state index is 12.6. The van der Waals surface area contributed by atoms with Gasteiger partial charge in [0, 0.05) is 30.4 Å². The van der Waals surface area contributed by atoms with E-state index in [0.29, 0.717) is 5.69 Å². The quantitative estimate of drug-likeness (QED) is 0.840. The van der Waals surface area contributed by atoms with E-state index in [4.69, 9.17) is 0 Å². The van der Waals surface area contributed by atoms with Crippen LogP contribution >= 0.6 is 11.3 Å². The minimum absolute atomic E-state index is 0.219. The van der Waals surface area contributed by atoms with Gasteiger partial charge in [0.05, 0.1) is 18.7 Å². The van der Waals surface area contributed by atoms with Gasteiger partial charge in [-0.25, -0.2) is 4.98 Å². The van der Waals surface area contributed by atoms with Crippen molar-refractivity contribution in [2.45, 2.75) is 19.1 Å². The molecule has 1 aromatic heterocycles. The van der Waals surface area contributed by atoms with Gasteiger partial charge in [-0.1, -0.05) is 0 Å². The number of thiazole rings is 1. The Bertz CT molecular complexity index is 734. The molecule has 9 heteroatoms. The first-order chi connectivity index (χ1) is 12.9. The number of aromatic nitrogens is 1. The lowest BCUT2D eigenvalue weighted by Crippen LogP contribution is -2.36. The average Bonchev–Trinajstić information content (AvgIpc) is 3.02. The first-order valence-corrected chi connectivity index (χ1v) is 9.58. The van der Waals surface area contributed by atoms with Crippen LogP contribution < -0.4 is 5.32 Å². The predicted octanol–water partition coefficient (Wildman–Crippen LogP) is 3.31. The number of nitrogens with one attached hydrogen (secondary N) is 1. The monoisotopic (exact) mass is 398 g/mol. The lowest BCUT2D eigenvalue weighted by atomic mass is 10.2. The standard InChI is InChI=1S/C18H21F3N4OS/c19-18(20,21)14-2-4-15(5-3-14)23-16(26)12-24-7-1-8-25(10-9-24)13-17-22-6-11-27-17/h2-6,11H,1,7-10,12-13H2,(H,23,26). The number of hydrogen-bond donors (Lipinski definition) is 1. The zero-order chi connectivity index (χ0) is 19.3. The van der Waals surface area contributed by atoms with Gasteiger partial charge in [0.25, 0.3) is 0 Å². The van der Waals surface area contributed by atoms with E-state index in [9.17, 15) is 18.0 Å². The molecule has 1 aliphatic rings. The Kier molecular flexibility index (Phi) is 6.46. The van der Waals surface area contributed by atoms with E-state index in [-0.39, 0.29) is 12.5 Å². The van der Waals surface area contributed by atoms with Crippen LogP contribution in [0.1, 0.15) is 17.0 Å². The molecule has 2 heterocycles. The number of carbonyl (C=O) groups excluding carboxylic acids is 1. The maximum atomic E-state index is 12.6. The third-order valence-corrected chi connectivity index (χ3v) is 5.15. The number of anilines is 1. The topological polar surface area (TPSA) is 48.5 Å². The van der Waals surface area contributed by atoms with Crippen LogP contribution in [-0.4, -0.2) is 53.4 Å². The second kappa shape index (κ2) is 8.81. The molecule has 146 valence electrons. The van der Waals surface area contributed by atoms with Gasteiger partial charge in [-0.15, -0.1) is 11.3 Å². The SMILES string of the molecule is O=C(CN1CCCN(Cc2nccs2)CC1)Nc1ccc(C(F)(F)F)cc1. The number of carbonyl (C=O) groups is 1. The lowest BCUT2D eigenvalue weighted by molar-refractivity contribution is -0.137. The van der Waals surface area contributed by atoms with Crippen LogP contribution in [0.5, 0.6) is 0 Å². The van der Waals surface area contributed by atoms with Crippen molar-refractivity contribution in [2.75, 3.05) is 38.0 Å². The van der Waals surface area contributed by atoms with Crippen LogP contribution in [0.3, 0.4) is 0 Å². The number of alkyl halides is 3. The highest BCUT2D eigenvalue weighted by molar-refractivity contribution is 7.09. The molecule has 0 bridgehead atoms. The number of amides is 1. The van der Waals surface area contributed by atoms with Crippen molar-refractivity contribution in [3.63, 3.8) is 0 Å². The van der Waals surface area contributed by atoms with Gasteiger partial charge in [0.15, 0.2) is 0 Å². The fourth-order valence-electron chi connectivity index (χ4n) is 3.01. The van der Waals surface area contributed by atoms with E-state index in [1.54, 1.807) is 17.5 Å². The summed E-state index contributed by atoms with van der Waals surface area (Å²) in [5, 5.41) is 5.72. The molecule has 27 heavy (non-hydrogen) atoms. The lowest BCUT2D eigenvalue weighted by Gasteiger charge is -2.20. The molecule has 1 saturated heterocycles. The molecule has 0 spiro atoms. The first kappa shape index (κ1) is 19.8. The summed E-state index contributed by atoms with van der Waals surface area (Å²) < 4.78 is 37.7. The van der Waals surface area contributed by atoms with Gasteiger partial charge in [0.1, 0.15) is 5.01 Å². The Morgan fingerprint density at radius 3 is 2.48 bits per heavy atom. The number of nitrogens with zero attached hydrogens (tertiary/aromatic N) is 3. The van der Waals surface area contributed by atoms with Crippen molar-refractivity contribution in [2.24, 2.45) is 0 Å². The average molecular weight is 398 g/mol. The summed E-state index contributed by atoms with van der Waals surface area (Å²) in [5.74, 6) is -0.219. The largest absolute Gasteiger partial charge is 0.416 e. The Morgan fingerprint density at radius 1 is 1.11 bits per heavy atom. The maximum Gasteiger partial charge on any atom is 0.416 e. The summed E-state index contributed by atoms with van der Waals surface area (Å²) >= 11 is 1.64. The minimum atomic E-state index is -4.38. The number of halogens is 3. The zero-order valence-corrected chi connectivity index (χ0v) is 15.5. The van der Waals surface area contributed by atoms with Crippen LogP contribution in [-0.2, 0) is 17.5 Å². The summed E-state index contributed by atoms with van der Waals surface area (Å²) in [6.07, 6.45) is -1.62. The molecule has 1 N–H and O–H groups in total. The molecule has 0 aliphatic carbocycles. The Labute approximate surface area is 159 Å². The van der Waals surface area contributed by atoms with Crippen molar-refractivity contribution < 1.29 is 18.0 Å². The van der Waals surface area contributed by atoms with E-state index in [2.05, 4.69) is 20.1 Å². The van der Waals surface area contributed by atoms with Crippen LogP contribution in [0, 0.1) is 0 Å². The van der Waals surface area contributed by atoms with Crippen molar-refractivity contribution in [3.05, 3.63) is 46.4 Å². The third-order valence-electron chi connectivity index (χ3n) is 4.39. The van der Waals surface area contributed by atoms with Gasteiger partial charge < -0.3 is 5.32 Å². The fourth-order valence-corrected chi connectivity index (χ4v) is 3.67. The molecular formula is C18H21F3N4OS. The van der Waals surface area contributed by atoms with Crippen LogP contribution in [0.15, 0.2) is 35.8 Å². The highest BCUT2D eigenvalue weighted by Crippen LogP contribution is 2.29. The third kappa shape index (κ3) is 6.02. The molecule has 1 aliphatic heterocycles. The van der Waals surface area contributed by atoms with E-state index >= 15 is 0 Å². The normalized spacial score (nSPS) is 16.9. The van der Waals surface area contributed by atoms with Crippen molar-refractivity contribution in [1.29, 1.82) is 0 Å². The van der Waals surface area contributed by atoms with Crippen LogP contribution in [0.4, 0.5) is 18.9 Å². The molecule has 0 unspecified atom stereocenters. The highest BCUT2D eigenvalue weighted by atomic mass is 32.1. The van der Waals surface area contributed by atoms with Crippen molar-refractivity contribution >= 4 is 22.9 Å². The molecule has 1 fully saturated rings. The van der Waals surface area contributed by atoms with E-state index in [1.165, 1.54) is 12.1 Å². The summed E-state index contributed by atoms with van der Waals surface area (Å²) in [6, 6.07) is 4.49. The molecule has 0 atom stereocenters. The second-order valence-corrected chi connectivity index (χ2v) is 7.43. The van der Waals surface area contributed by atoms with Gasteiger partial charge in [-0.3, -0.25) is 14.6 Å². The fraction of sp³-hybridized carbons (Fsp3) is 0.444. The summed E-state index contributed by atoms with van der Waals surface area (Å²) in [5.41, 5.74) is -0.360. The van der Waals surface area contributed by atoms with E-state index in [1.807, 2.05) is 5.38 Å². The number of hydrogen-bond acceptors (Lipinski definition) is 5. The zero-order valence-electron chi connectivity index (χ0n) is 14.7. The second-order valence-electron chi connectivity index (χ2n) is 6.45. The predicted molar refractivity (Wildman–Crippen MR) is 98.5 cm³/mol. The number of rotatable bonds is 5. The van der Waals surface area contributed by atoms with Crippen molar-refractivity contribution in [3.8, 4) is 0 Å². The van der Waals surface area contributed by atoms with Gasteiger partial charge in [0.2, 0.25) is 5.91 Å². The minimum Gasteiger partial charge on any atom is -0.325 e. The summed E-state index contributed by atoms with van der Waals surface area (Å²) in [6.45, 7) is 4.44. The molecule has 2 aromatic rings. The van der Waals surface area contributed by atoms with E-state index < -0.39 is 11.7 Å². The Hall–Kier alpha value is -1.97. The Morgan fingerprint density at radius 2 is 1.81 bits per heavy atom.